The van der Waals surface area contributed by atoms with Crippen LogP contribution >= 0.6 is 0 Å². The molecule has 5 N–H and O–H groups in total. The molecular weight excluding hydrogens is 698 g/mol. The average Bonchev–Trinajstić information content (AvgIpc) is 3.15. The fourth-order valence-corrected chi connectivity index (χ4v) is 6.29. The molecule has 13 heteroatoms. The largest absolute Gasteiger partial charge is 0.547 e. The molecule has 0 spiro atoms. The number of benzene rings is 1. The molecule has 2 rings (SSSR count). The molecule has 1 aromatic carbocycles. The van der Waals surface area contributed by atoms with Gasteiger partial charge in [-0.25, -0.2) is 0 Å². The number of rotatable bonds is 31. The van der Waals surface area contributed by atoms with Crippen LogP contribution in [0.1, 0.15) is 128 Å². The number of ether oxygens (including phenoxy) is 3. The Kier molecular flexibility index (Phi) is 24.6. The second-order valence-corrected chi connectivity index (χ2v) is 14.2. The van der Waals surface area contributed by atoms with Crippen molar-refractivity contribution in [3.05, 3.63) is 42.0 Å². The predicted molar refractivity (Wildman–Crippen MR) is 200 cm³/mol. The lowest BCUT2D eigenvalue weighted by atomic mass is 9.99. The zero-order valence-corrected chi connectivity index (χ0v) is 32.0. The third-order valence-electron chi connectivity index (χ3n) is 9.66. The first-order valence-electron chi connectivity index (χ1n) is 19.8. The van der Waals surface area contributed by atoms with Gasteiger partial charge in [-0.2, -0.15) is 0 Å². The molecule has 0 radical (unpaired) electrons. The second-order valence-electron chi connectivity index (χ2n) is 14.2. The lowest BCUT2D eigenvalue weighted by Crippen LogP contribution is -2.62. The molecule has 1 aliphatic rings. The van der Waals surface area contributed by atoms with Crippen LogP contribution in [-0.4, -0.2) is 101 Å². The smallest absolute Gasteiger partial charge is 0.249 e. The van der Waals surface area contributed by atoms with E-state index in [0.29, 0.717) is 51.5 Å². The number of amides is 1. The highest BCUT2D eigenvalue weighted by Crippen LogP contribution is 2.22. The van der Waals surface area contributed by atoms with Crippen molar-refractivity contribution in [3.63, 3.8) is 0 Å². The highest BCUT2D eigenvalue weighted by atomic mass is 16.7. The van der Waals surface area contributed by atoms with Gasteiger partial charge in [0.15, 0.2) is 6.29 Å². The van der Waals surface area contributed by atoms with Gasteiger partial charge in [-0.3, -0.25) is 14.4 Å². The van der Waals surface area contributed by atoms with Gasteiger partial charge in [0.05, 0.1) is 5.97 Å². The first-order chi connectivity index (χ1) is 26.0. The minimum Gasteiger partial charge on any atom is -0.547 e. The van der Waals surface area contributed by atoms with E-state index in [1.807, 2.05) is 12.1 Å². The number of unbranched alkanes of at least 4 members (excludes halogenated alkanes) is 10. The van der Waals surface area contributed by atoms with Gasteiger partial charge in [-0.15, -0.1) is 0 Å². The minimum atomic E-state index is -1.79. The summed E-state index contributed by atoms with van der Waals surface area (Å²) < 4.78 is 15.8. The summed E-state index contributed by atoms with van der Waals surface area (Å²) in [7, 11) is 1.54. The Hall–Kier alpha value is -3.20. The Morgan fingerprint density at radius 2 is 1.30 bits per heavy atom. The van der Waals surface area contributed by atoms with Crippen molar-refractivity contribution in [3.8, 4) is 5.75 Å². The van der Waals surface area contributed by atoms with Crippen LogP contribution in [0.25, 0.3) is 0 Å². The standard InChI is InChI=1S/C41H65NO12/c1-52-34(39(49)42-28-27-30-23-25-33(45)26-24-30)22-14-10-6-5-9-13-19-32(44)21-16-15-20-31(43)18-12-8-4-2-3-7-11-17-29-53-41-37(48)35(46)36(47)38(54-41)40(50)51/h6,10,23-26,34-38,41,45-48H,2-5,7-9,11-22,27-29H2,1H3,(H,42,49)(H,50,51)/p-1/b10-6-/t34-,35-,36-,37+,38-,41+/m0/s1. The van der Waals surface area contributed by atoms with Crippen LogP contribution in [0.4, 0.5) is 0 Å². The topological polar surface area (TPSA) is 212 Å². The van der Waals surface area contributed by atoms with E-state index >= 15 is 0 Å². The zero-order chi connectivity index (χ0) is 39.6. The van der Waals surface area contributed by atoms with E-state index in [9.17, 15) is 44.7 Å². The number of aromatic hydroxyl groups is 1. The van der Waals surface area contributed by atoms with Gasteiger partial charge in [0, 0.05) is 45.9 Å². The molecule has 0 bridgehead atoms. The summed E-state index contributed by atoms with van der Waals surface area (Å²) in [6.45, 7) is 0.714. The van der Waals surface area contributed by atoms with Crippen molar-refractivity contribution in [1.29, 1.82) is 0 Å². The molecule has 13 nitrogen and oxygen atoms in total. The van der Waals surface area contributed by atoms with E-state index in [2.05, 4.69) is 17.5 Å². The van der Waals surface area contributed by atoms with E-state index in [4.69, 9.17) is 14.2 Å². The molecular formula is C41H64NO12-. The SMILES string of the molecule is CO[C@@H](CC/C=C\CCCCC(=O)CCCCC(=O)CCCCCCCCCCO[C@@H]1O[C@H](C(=O)[O-])[C@@H](O)[C@H](O)[C@H]1O)C(=O)NCCc1ccc(O)cc1. The molecule has 1 heterocycles. The molecule has 1 fully saturated rings. The van der Waals surface area contributed by atoms with Gasteiger partial charge in [-0.1, -0.05) is 62.8 Å². The van der Waals surface area contributed by atoms with Crippen LogP contribution in [0.15, 0.2) is 36.4 Å². The Labute approximate surface area is 320 Å². The number of allylic oxidation sites excluding steroid dienone is 2. The first kappa shape index (κ1) is 47.0. The van der Waals surface area contributed by atoms with Crippen molar-refractivity contribution < 1.29 is 58.9 Å². The normalized spacial score (nSPS) is 20.6. The van der Waals surface area contributed by atoms with Gasteiger partial charge < -0.3 is 49.9 Å². The number of phenols is 1. The number of ketones is 2. The van der Waals surface area contributed by atoms with E-state index in [0.717, 1.165) is 89.0 Å². The predicted octanol–water partition coefficient (Wildman–Crippen LogP) is 3.75. The van der Waals surface area contributed by atoms with Crippen LogP contribution in [0.5, 0.6) is 5.75 Å². The quantitative estimate of drug-likeness (QED) is 0.0541. The zero-order valence-electron chi connectivity index (χ0n) is 32.0. The molecule has 54 heavy (non-hydrogen) atoms. The number of phenolic OH excluding ortho intramolecular Hbond substituents is 1. The number of hydrogen-bond donors (Lipinski definition) is 5. The molecule has 306 valence electrons. The summed E-state index contributed by atoms with van der Waals surface area (Å²) in [6, 6.07) is 6.92. The number of carbonyl (C=O) groups excluding carboxylic acids is 4. The molecule has 6 atom stereocenters. The van der Waals surface area contributed by atoms with Gasteiger partial charge >= 0.3 is 0 Å². The lowest BCUT2D eigenvalue weighted by Gasteiger charge is -2.40. The van der Waals surface area contributed by atoms with E-state index in [-0.39, 0.29) is 29.8 Å². The van der Waals surface area contributed by atoms with Gasteiger partial charge in [-0.05, 0) is 81.9 Å². The number of nitrogens with one attached hydrogen (secondary N) is 1. The third kappa shape index (κ3) is 19.9. The first-order valence-corrected chi connectivity index (χ1v) is 19.8. The number of aliphatic hydroxyl groups excluding tert-OH is 3. The number of carbonyl (C=O) groups is 4. The summed E-state index contributed by atoms with van der Waals surface area (Å²) in [4.78, 5) is 47.9. The maximum Gasteiger partial charge on any atom is 0.249 e. The Balaban J connectivity index is 1.35. The Morgan fingerprint density at radius 3 is 1.89 bits per heavy atom. The Morgan fingerprint density at radius 1 is 0.759 bits per heavy atom. The number of aliphatic carboxylic acids is 1. The fraction of sp³-hybridized carbons (Fsp3) is 0.707. The summed E-state index contributed by atoms with van der Waals surface area (Å²) in [6.07, 6.45) is 11.4. The minimum absolute atomic E-state index is 0.132. The van der Waals surface area contributed by atoms with Crippen molar-refractivity contribution >= 4 is 23.4 Å². The monoisotopic (exact) mass is 762 g/mol. The summed E-state index contributed by atoms with van der Waals surface area (Å²) in [5.41, 5.74) is 1.03. The van der Waals surface area contributed by atoms with E-state index < -0.39 is 42.8 Å². The van der Waals surface area contributed by atoms with Gasteiger partial charge in [0.25, 0.3) is 0 Å². The summed E-state index contributed by atoms with van der Waals surface area (Å²) >= 11 is 0. The number of methoxy groups -OCH3 is 1. The highest BCUT2D eigenvalue weighted by molar-refractivity contribution is 5.80. The molecule has 0 aromatic heterocycles. The van der Waals surface area contributed by atoms with Crippen LogP contribution in [0.3, 0.4) is 0 Å². The van der Waals surface area contributed by atoms with Crippen LogP contribution in [0.2, 0.25) is 0 Å². The molecule has 0 saturated carbocycles. The summed E-state index contributed by atoms with van der Waals surface area (Å²) in [5.74, 6) is -1.09. The van der Waals surface area contributed by atoms with Gasteiger partial charge in [0.1, 0.15) is 47.8 Å². The van der Waals surface area contributed by atoms with Crippen molar-refractivity contribution in [2.24, 2.45) is 0 Å². The molecule has 0 aliphatic carbocycles. The number of carboxylic acids is 1. The molecule has 1 aliphatic heterocycles. The Bertz CT molecular complexity index is 1240. The van der Waals surface area contributed by atoms with Crippen molar-refractivity contribution in [2.75, 3.05) is 20.3 Å². The van der Waals surface area contributed by atoms with Gasteiger partial charge in [0.2, 0.25) is 5.91 Å². The van der Waals surface area contributed by atoms with Crippen LogP contribution in [0, 0.1) is 0 Å². The second kappa shape index (κ2) is 28.2. The van der Waals surface area contributed by atoms with Crippen LogP contribution in [-0.2, 0) is 39.8 Å². The molecule has 0 unspecified atom stereocenters. The maximum absolute atomic E-state index is 12.4. The van der Waals surface area contributed by atoms with Crippen molar-refractivity contribution in [1.82, 2.24) is 5.32 Å². The van der Waals surface area contributed by atoms with E-state index in [1.54, 1.807) is 12.1 Å². The fourth-order valence-electron chi connectivity index (χ4n) is 6.29. The average molecular weight is 763 g/mol. The maximum atomic E-state index is 12.4. The molecule has 1 amide bonds. The summed E-state index contributed by atoms with van der Waals surface area (Å²) in [5, 5.41) is 52.8. The van der Waals surface area contributed by atoms with Crippen molar-refractivity contribution in [2.45, 2.75) is 165 Å². The number of hydrogen-bond acceptors (Lipinski definition) is 12. The highest BCUT2D eigenvalue weighted by Gasteiger charge is 2.44. The number of carboxylic acid groups (broad SMARTS) is 1. The number of Topliss-reactive ketones (excluding diaryl/α,β-unsaturated/α-hetero) is 2. The lowest BCUT2D eigenvalue weighted by molar-refractivity contribution is -0.349. The molecule has 1 saturated heterocycles. The third-order valence-corrected chi connectivity index (χ3v) is 9.66. The molecule has 1 aromatic rings. The number of aliphatic hydroxyl groups is 3. The van der Waals surface area contributed by atoms with E-state index in [1.165, 1.54) is 7.11 Å². The van der Waals surface area contributed by atoms with Crippen LogP contribution < -0.4 is 10.4 Å².